The number of likely N-dealkylation sites (tertiary alicyclic amines) is 1. The summed E-state index contributed by atoms with van der Waals surface area (Å²) in [5.41, 5.74) is 4.97. The Morgan fingerprint density at radius 1 is 1.30 bits per heavy atom. The van der Waals surface area contributed by atoms with E-state index in [1.165, 1.54) is 12.3 Å². The number of ether oxygens (including phenoxy) is 1. The van der Waals surface area contributed by atoms with E-state index in [1.807, 2.05) is 0 Å². The second-order valence-corrected chi connectivity index (χ2v) is 9.94. The van der Waals surface area contributed by atoms with E-state index in [0.29, 0.717) is 29.8 Å². The average Bonchev–Trinajstić information content (AvgIpc) is 3.13. The Morgan fingerprint density at radius 2 is 2.03 bits per heavy atom. The van der Waals surface area contributed by atoms with Crippen molar-refractivity contribution in [2.75, 3.05) is 18.4 Å². The fourth-order valence-corrected chi connectivity index (χ4v) is 6.46. The molecule has 1 aromatic rings. The van der Waals surface area contributed by atoms with Crippen molar-refractivity contribution in [2.45, 2.75) is 56.3 Å². The highest BCUT2D eigenvalue weighted by Gasteiger charge is 2.56. The number of aromatic nitrogens is 1. The molecule has 4 saturated carbocycles. The number of primary amides is 1. The molecule has 1 saturated heterocycles. The number of rotatable bonds is 4. The van der Waals surface area contributed by atoms with Crippen molar-refractivity contribution < 1.29 is 19.4 Å². The van der Waals surface area contributed by atoms with Crippen LogP contribution in [0.1, 0.15) is 48.9 Å². The first kappa shape index (κ1) is 19.9. The van der Waals surface area contributed by atoms with Gasteiger partial charge in [0.25, 0.3) is 0 Å². The molecule has 30 heavy (non-hydrogen) atoms. The molecule has 2 amide bonds. The predicted octanol–water partition coefficient (Wildman–Crippen LogP) is 2.40. The van der Waals surface area contributed by atoms with E-state index in [0.717, 1.165) is 38.5 Å². The summed E-state index contributed by atoms with van der Waals surface area (Å²) in [5.74, 6) is 1.04. The third-order valence-electron chi connectivity index (χ3n) is 7.30. The molecule has 5 aliphatic rings. The number of hydrogen-bond acceptors (Lipinski definition) is 6. The minimum Gasteiger partial charge on any atom is -0.446 e. The van der Waals surface area contributed by atoms with E-state index in [9.17, 15) is 14.7 Å². The molecule has 1 aromatic heterocycles. The molecule has 0 radical (unpaired) electrons. The Kier molecular flexibility index (Phi) is 4.82. The lowest BCUT2D eigenvalue weighted by atomic mass is 9.53. The van der Waals surface area contributed by atoms with Crippen molar-refractivity contribution >= 4 is 29.4 Å². The van der Waals surface area contributed by atoms with Crippen LogP contribution in [0.2, 0.25) is 5.02 Å². The van der Waals surface area contributed by atoms with Crippen LogP contribution in [0.25, 0.3) is 0 Å². The first-order chi connectivity index (χ1) is 14.3. The van der Waals surface area contributed by atoms with Gasteiger partial charge in [-0.15, -0.1) is 0 Å². The first-order valence-electron chi connectivity index (χ1n) is 10.7. The van der Waals surface area contributed by atoms with Gasteiger partial charge in [-0.05, 0) is 62.3 Å². The number of amides is 2. The van der Waals surface area contributed by atoms with Gasteiger partial charge in [0.15, 0.2) is 0 Å². The molecule has 4 aliphatic carbocycles. The van der Waals surface area contributed by atoms with E-state index in [4.69, 9.17) is 22.1 Å². The summed E-state index contributed by atoms with van der Waals surface area (Å²) >= 11 is 6.20. The summed E-state index contributed by atoms with van der Waals surface area (Å²) in [5, 5.41) is 14.3. The van der Waals surface area contributed by atoms with Gasteiger partial charge >= 0.3 is 6.09 Å². The summed E-state index contributed by atoms with van der Waals surface area (Å²) in [6.45, 7) is 1.10. The maximum atomic E-state index is 12.8. The average molecular weight is 435 g/mol. The molecular weight excluding hydrogens is 408 g/mol. The lowest BCUT2D eigenvalue weighted by Crippen LogP contribution is -2.58. The number of carbonyl (C=O) groups excluding carboxylic acids is 2. The standard InChI is InChI=1S/C21H27ClN4O4/c22-16-5-14(18(23)27)9-24-19(16)25-15-1-2-26(10-15)20(28)30-17-12-3-11-4-13(17)8-21(29,6-11)7-12/h5,9,11-13,15,17,29H,1-4,6-8,10H2,(H2,23,27)(H,24,25). The highest BCUT2D eigenvalue weighted by atomic mass is 35.5. The van der Waals surface area contributed by atoms with E-state index in [2.05, 4.69) is 10.3 Å². The van der Waals surface area contributed by atoms with Crippen LogP contribution in [0, 0.1) is 17.8 Å². The van der Waals surface area contributed by atoms with E-state index in [-0.39, 0.29) is 35.6 Å². The SMILES string of the molecule is NC(=O)c1cnc(NC2CCN(C(=O)OC3C4CC5CC3CC(O)(C5)C4)C2)c(Cl)c1. The molecule has 2 heterocycles. The molecule has 4 bridgehead atoms. The van der Waals surface area contributed by atoms with Gasteiger partial charge in [-0.2, -0.15) is 0 Å². The van der Waals surface area contributed by atoms with E-state index < -0.39 is 11.5 Å². The molecule has 162 valence electrons. The summed E-state index contributed by atoms with van der Waals surface area (Å²) in [6, 6.07) is 1.49. The van der Waals surface area contributed by atoms with Crippen LogP contribution >= 0.6 is 11.6 Å². The van der Waals surface area contributed by atoms with Crippen molar-refractivity contribution in [3.8, 4) is 0 Å². The van der Waals surface area contributed by atoms with Crippen molar-refractivity contribution in [2.24, 2.45) is 23.5 Å². The Bertz CT molecular complexity index is 865. The van der Waals surface area contributed by atoms with Crippen LogP contribution in [0.4, 0.5) is 10.6 Å². The molecular formula is C21H27ClN4O4. The zero-order valence-corrected chi connectivity index (χ0v) is 17.5. The second-order valence-electron chi connectivity index (χ2n) is 9.54. The molecule has 4 N–H and O–H groups in total. The quantitative estimate of drug-likeness (QED) is 0.669. The predicted molar refractivity (Wildman–Crippen MR) is 110 cm³/mol. The molecule has 0 spiro atoms. The highest BCUT2D eigenvalue weighted by Crippen LogP contribution is 2.56. The monoisotopic (exact) mass is 434 g/mol. The van der Waals surface area contributed by atoms with Gasteiger partial charge in [-0.25, -0.2) is 9.78 Å². The Balaban J connectivity index is 1.18. The third-order valence-corrected chi connectivity index (χ3v) is 7.59. The molecule has 3 atom stereocenters. The Labute approximate surface area is 180 Å². The van der Waals surface area contributed by atoms with E-state index in [1.54, 1.807) is 4.90 Å². The van der Waals surface area contributed by atoms with Crippen LogP contribution in [0.3, 0.4) is 0 Å². The van der Waals surface area contributed by atoms with Gasteiger partial charge in [0, 0.05) is 25.3 Å². The Morgan fingerprint density at radius 3 is 2.67 bits per heavy atom. The molecule has 6 rings (SSSR count). The number of nitrogens with one attached hydrogen (secondary N) is 1. The number of carbonyl (C=O) groups is 2. The maximum Gasteiger partial charge on any atom is 0.410 e. The van der Waals surface area contributed by atoms with Crippen molar-refractivity contribution in [3.63, 3.8) is 0 Å². The topological polar surface area (TPSA) is 118 Å². The van der Waals surface area contributed by atoms with Crippen LogP contribution in [-0.4, -0.2) is 57.8 Å². The number of anilines is 1. The normalized spacial score (nSPS) is 36.7. The third kappa shape index (κ3) is 3.60. The summed E-state index contributed by atoms with van der Waals surface area (Å²) in [6.07, 6.45) is 6.35. The minimum atomic E-state index is -0.581. The van der Waals surface area contributed by atoms with Crippen LogP contribution in [0.15, 0.2) is 12.3 Å². The zero-order valence-electron chi connectivity index (χ0n) is 16.7. The number of aliphatic hydroxyl groups is 1. The van der Waals surface area contributed by atoms with Crippen LogP contribution in [0.5, 0.6) is 0 Å². The van der Waals surface area contributed by atoms with Gasteiger partial charge in [-0.1, -0.05) is 11.6 Å². The molecule has 1 aliphatic heterocycles. The molecule has 5 fully saturated rings. The number of nitrogens with two attached hydrogens (primary N) is 1. The molecule has 0 aromatic carbocycles. The summed E-state index contributed by atoms with van der Waals surface area (Å²) in [7, 11) is 0. The fraction of sp³-hybridized carbons (Fsp3) is 0.667. The molecule has 9 heteroatoms. The number of nitrogens with zero attached hydrogens (tertiary/aromatic N) is 2. The summed E-state index contributed by atoms with van der Waals surface area (Å²) < 4.78 is 5.98. The fourth-order valence-electron chi connectivity index (χ4n) is 6.23. The summed E-state index contributed by atoms with van der Waals surface area (Å²) in [4.78, 5) is 30.0. The zero-order chi connectivity index (χ0) is 21.0. The highest BCUT2D eigenvalue weighted by molar-refractivity contribution is 6.33. The van der Waals surface area contributed by atoms with Gasteiger partial charge < -0.3 is 25.8 Å². The van der Waals surface area contributed by atoms with Crippen molar-refractivity contribution in [3.05, 3.63) is 22.8 Å². The Hall–Kier alpha value is -2.06. The van der Waals surface area contributed by atoms with Gasteiger partial charge in [0.1, 0.15) is 11.9 Å². The second kappa shape index (κ2) is 7.27. The van der Waals surface area contributed by atoms with Crippen molar-refractivity contribution in [1.82, 2.24) is 9.88 Å². The van der Waals surface area contributed by atoms with Gasteiger partial charge in [0.05, 0.1) is 16.2 Å². The largest absolute Gasteiger partial charge is 0.446 e. The van der Waals surface area contributed by atoms with E-state index >= 15 is 0 Å². The number of pyridine rings is 1. The number of hydrogen-bond donors (Lipinski definition) is 3. The lowest BCUT2D eigenvalue weighted by Gasteiger charge is -2.57. The molecule has 3 unspecified atom stereocenters. The van der Waals surface area contributed by atoms with Crippen LogP contribution < -0.4 is 11.1 Å². The van der Waals surface area contributed by atoms with Crippen LogP contribution in [-0.2, 0) is 4.74 Å². The smallest absolute Gasteiger partial charge is 0.410 e. The van der Waals surface area contributed by atoms with Crippen molar-refractivity contribution in [1.29, 1.82) is 0 Å². The number of halogens is 1. The van der Waals surface area contributed by atoms with Gasteiger partial charge in [0.2, 0.25) is 5.91 Å². The van der Waals surface area contributed by atoms with Gasteiger partial charge in [-0.3, -0.25) is 4.79 Å². The minimum absolute atomic E-state index is 0.00110. The lowest BCUT2D eigenvalue weighted by molar-refractivity contribution is -0.177. The maximum absolute atomic E-state index is 12.8. The molecule has 8 nitrogen and oxygen atoms in total. The first-order valence-corrected chi connectivity index (χ1v) is 11.1.